The molecule has 3 atom stereocenters. The van der Waals surface area contributed by atoms with Crippen LogP contribution >= 0.6 is 0 Å². The second-order valence-electron chi connectivity index (χ2n) is 4.90. The molecule has 1 aromatic carbocycles. The highest BCUT2D eigenvalue weighted by Crippen LogP contribution is 2.19. The van der Waals surface area contributed by atoms with Gasteiger partial charge in [0.1, 0.15) is 12.7 Å². The first-order valence-corrected chi connectivity index (χ1v) is 6.73. The Balaban J connectivity index is 1.81. The maximum absolute atomic E-state index is 10.8. The van der Waals surface area contributed by atoms with E-state index >= 15 is 0 Å². The summed E-state index contributed by atoms with van der Waals surface area (Å²) >= 11 is 0. The molecule has 2 rings (SSSR count). The van der Waals surface area contributed by atoms with Gasteiger partial charge in [0, 0.05) is 13.3 Å². The molecule has 5 heteroatoms. The van der Waals surface area contributed by atoms with Crippen LogP contribution in [0.4, 0.5) is 0 Å². The van der Waals surface area contributed by atoms with Crippen molar-refractivity contribution in [2.24, 2.45) is 0 Å². The quantitative estimate of drug-likeness (QED) is 0.823. The molecule has 1 aliphatic heterocycles. The van der Waals surface area contributed by atoms with Gasteiger partial charge in [0.25, 0.3) is 0 Å². The molecule has 0 radical (unpaired) electrons. The Morgan fingerprint density at radius 2 is 2.15 bits per heavy atom. The van der Waals surface area contributed by atoms with Crippen molar-refractivity contribution in [1.29, 1.82) is 0 Å². The van der Waals surface area contributed by atoms with Crippen LogP contribution in [0.5, 0.6) is 0 Å². The third kappa shape index (κ3) is 4.59. The molecule has 0 saturated carbocycles. The minimum Gasteiger partial charge on any atom is -0.463 e. The number of hydrogen-bond acceptors (Lipinski definition) is 5. The van der Waals surface area contributed by atoms with Crippen molar-refractivity contribution in [2.45, 2.75) is 38.3 Å². The molecule has 5 nitrogen and oxygen atoms in total. The summed E-state index contributed by atoms with van der Waals surface area (Å²) in [4.78, 5) is 10.8. The molecule has 1 saturated heterocycles. The van der Waals surface area contributed by atoms with Crippen LogP contribution in [0.3, 0.4) is 0 Å². The van der Waals surface area contributed by atoms with Crippen molar-refractivity contribution >= 4 is 5.97 Å². The maximum Gasteiger partial charge on any atom is 0.302 e. The standard InChI is InChI=1S/C15H20O5/c1-11(16)18-9-13-7-15(14(17)10-19-13)20-8-12-5-3-2-4-6-12/h2-6,13-15,17H,7-10H2,1H3/t13?,14?,15-/m1/s1. The fourth-order valence-electron chi connectivity index (χ4n) is 2.11. The molecular weight excluding hydrogens is 260 g/mol. The van der Waals surface area contributed by atoms with Gasteiger partial charge in [-0.3, -0.25) is 4.79 Å². The summed E-state index contributed by atoms with van der Waals surface area (Å²) in [5.74, 6) is -0.332. The Hall–Kier alpha value is -1.43. The highest BCUT2D eigenvalue weighted by Gasteiger charge is 2.31. The predicted molar refractivity (Wildman–Crippen MR) is 72.0 cm³/mol. The van der Waals surface area contributed by atoms with Crippen molar-refractivity contribution < 1.29 is 24.1 Å². The Morgan fingerprint density at radius 3 is 2.85 bits per heavy atom. The molecule has 2 unspecified atom stereocenters. The average molecular weight is 280 g/mol. The zero-order valence-corrected chi connectivity index (χ0v) is 11.5. The van der Waals surface area contributed by atoms with Crippen LogP contribution in [0.15, 0.2) is 30.3 Å². The lowest BCUT2D eigenvalue weighted by atomic mass is 10.0. The summed E-state index contributed by atoms with van der Waals surface area (Å²) in [5.41, 5.74) is 1.06. The molecule has 1 heterocycles. The third-order valence-electron chi connectivity index (χ3n) is 3.21. The first-order chi connectivity index (χ1) is 9.65. The molecule has 0 spiro atoms. The molecule has 0 amide bonds. The van der Waals surface area contributed by atoms with Crippen molar-refractivity contribution in [2.75, 3.05) is 13.2 Å². The van der Waals surface area contributed by atoms with E-state index in [4.69, 9.17) is 14.2 Å². The van der Waals surface area contributed by atoms with Crippen LogP contribution in [-0.2, 0) is 25.6 Å². The Labute approximate surface area is 118 Å². The number of ether oxygens (including phenoxy) is 3. The van der Waals surface area contributed by atoms with Crippen molar-refractivity contribution in [3.8, 4) is 0 Å². The summed E-state index contributed by atoms with van der Waals surface area (Å²) < 4.78 is 16.1. The fraction of sp³-hybridized carbons (Fsp3) is 0.533. The number of rotatable bonds is 5. The van der Waals surface area contributed by atoms with Gasteiger partial charge in [-0.25, -0.2) is 0 Å². The zero-order valence-electron chi connectivity index (χ0n) is 11.5. The Kier molecular flexibility index (Phi) is 5.52. The van der Waals surface area contributed by atoms with Gasteiger partial charge < -0.3 is 19.3 Å². The molecule has 1 fully saturated rings. The lowest BCUT2D eigenvalue weighted by molar-refractivity contribution is -0.168. The van der Waals surface area contributed by atoms with Crippen LogP contribution in [0.25, 0.3) is 0 Å². The molecule has 0 bridgehead atoms. The number of carbonyl (C=O) groups is 1. The minimum atomic E-state index is -0.646. The highest BCUT2D eigenvalue weighted by molar-refractivity contribution is 5.65. The molecule has 1 aliphatic rings. The molecule has 1 N–H and O–H groups in total. The molecular formula is C15H20O5. The first kappa shape index (κ1) is 15.0. The van der Waals surface area contributed by atoms with E-state index in [1.807, 2.05) is 30.3 Å². The van der Waals surface area contributed by atoms with Crippen LogP contribution in [0.1, 0.15) is 18.9 Å². The molecule has 0 aliphatic carbocycles. The summed E-state index contributed by atoms with van der Waals surface area (Å²) in [7, 11) is 0. The SMILES string of the molecule is CC(=O)OCC1C[C@@H](OCc2ccccc2)C(O)CO1. The molecule has 20 heavy (non-hydrogen) atoms. The van der Waals surface area contributed by atoms with Crippen molar-refractivity contribution in [3.05, 3.63) is 35.9 Å². The van der Waals surface area contributed by atoms with Crippen molar-refractivity contribution in [1.82, 2.24) is 0 Å². The normalized spacial score (nSPS) is 26.2. The van der Waals surface area contributed by atoms with Gasteiger partial charge in [-0.1, -0.05) is 30.3 Å². The molecule has 1 aromatic rings. The maximum atomic E-state index is 10.8. The van der Waals surface area contributed by atoms with E-state index in [1.54, 1.807) is 0 Å². The second-order valence-corrected chi connectivity index (χ2v) is 4.90. The van der Waals surface area contributed by atoms with E-state index in [-0.39, 0.29) is 31.4 Å². The fourth-order valence-corrected chi connectivity index (χ4v) is 2.11. The van der Waals surface area contributed by atoms with E-state index in [2.05, 4.69) is 0 Å². The number of hydrogen-bond donors (Lipinski definition) is 1. The number of aliphatic hydroxyl groups is 1. The van der Waals surface area contributed by atoms with Gasteiger partial charge >= 0.3 is 5.97 Å². The van der Waals surface area contributed by atoms with E-state index in [0.717, 1.165) is 5.56 Å². The van der Waals surface area contributed by atoms with E-state index in [9.17, 15) is 9.90 Å². The van der Waals surface area contributed by atoms with Crippen LogP contribution in [0, 0.1) is 0 Å². The number of aliphatic hydroxyl groups excluding tert-OH is 1. The second kappa shape index (κ2) is 7.38. The Morgan fingerprint density at radius 1 is 1.40 bits per heavy atom. The number of esters is 1. The van der Waals surface area contributed by atoms with Crippen molar-refractivity contribution in [3.63, 3.8) is 0 Å². The smallest absolute Gasteiger partial charge is 0.302 e. The van der Waals surface area contributed by atoms with E-state index in [1.165, 1.54) is 6.92 Å². The Bertz CT molecular complexity index is 420. The first-order valence-electron chi connectivity index (χ1n) is 6.73. The molecule has 110 valence electrons. The predicted octanol–water partition coefficient (Wildman–Crippen LogP) is 1.28. The monoisotopic (exact) mass is 280 g/mol. The van der Waals surface area contributed by atoms with Gasteiger partial charge in [-0.2, -0.15) is 0 Å². The number of carbonyl (C=O) groups excluding carboxylic acids is 1. The van der Waals surface area contributed by atoms with Gasteiger partial charge in [0.2, 0.25) is 0 Å². The minimum absolute atomic E-state index is 0.200. The lowest BCUT2D eigenvalue weighted by Crippen LogP contribution is -2.44. The van der Waals surface area contributed by atoms with Crippen LogP contribution in [-0.4, -0.2) is 42.6 Å². The van der Waals surface area contributed by atoms with Gasteiger partial charge in [0.05, 0.1) is 25.4 Å². The summed E-state index contributed by atoms with van der Waals surface area (Å²) in [5, 5.41) is 9.88. The van der Waals surface area contributed by atoms with Gasteiger partial charge in [0.15, 0.2) is 0 Å². The highest BCUT2D eigenvalue weighted by atomic mass is 16.6. The van der Waals surface area contributed by atoms with Gasteiger partial charge in [-0.15, -0.1) is 0 Å². The molecule has 0 aromatic heterocycles. The largest absolute Gasteiger partial charge is 0.463 e. The summed E-state index contributed by atoms with van der Waals surface area (Å²) in [6, 6.07) is 9.79. The van der Waals surface area contributed by atoms with Crippen LogP contribution in [0.2, 0.25) is 0 Å². The van der Waals surface area contributed by atoms with Gasteiger partial charge in [-0.05, 0) is 5.56 Å². The van der Waals surface area contributed by atoms with E-state index in [0.29, 0.717) is 13.0 Å². The lowest BCUT2D eigenvalue weighted by Gasteiger charge is -2.33. The van der Waals surface area contributed by atoms with Crippen LogP contribution < -0.4 is 0 Å². The third-order valence-corrected chi connectivity index (χ3v) is 3.21. The average Bonchev–Trinajstić information content (AvgIpc) is 2.46. The summed E-state index contributed by atoms with van der Waals surface area (Å²) in [6.45, 7) is 2.21. The topological polar surface area (TPSA) is 65.0 Å². The zero-order chi connectivity index (χ0) is 14.4. The van der Waals surface area contributed by atoms with E-state index < -0.39 is 6.10 Å². The summed E-state index contributed by atoms with van der Waals surface area (Å²) in [6.07, 6.45) is -0.652. The number of benzene rings is 1.